The smallest absolute Gasteiger partial charge is 0.240 e. The van der Waals surface area contributed by atoms with Crippen molar-refractivity contribution < 1.29 is 4.79 Å². The molecule has 0 aliphatic carbocycles. The Morgan fingerprint density at radius 2 is 2.50 bits per heavy atom. The van der Waals surface area contributed by atoms with Gasteiger partial charge >= 0.3 is 0 Å². The number of rotatable bonds is 4. The highest BCUT2D eigenvalue weighted by Gasteiger charge is 2.32. The van der Waals surface area contributed by atoms with E-state index < -0.39 is 0 Å². The molecule has 88 valence electrons. The molecular formula is C11H18N4O. The number of hydrogen-bond donors (Lipinski definition) is 2. The highest BCUT2D eigenvalue weighted by atomic mass is 16.2. The number of carbonyl (C=O) groups excluding carboxylic acids is 1. The van der Waals surface area contributed by atoms with E-state index in [0.29, 0.717) is 12.6 Å². The summed E-state index contributed by atoms with van der Waals surface area (Å²) in [6.07, 6.45) is 4.39. The first kappa shape index (κ1) is 11.1. The second-order valence-electron chi connectivity index (χ2n) is 4.38. The van der Waals surface area contributed by atoms with Gasteiger partial charge in [-0.05, 0) is 20.3 Å². The molecule has 1 atom stereocenters. The largest absolute Gasteiger partial charge is 0.348 e. The van der Waals surface area contributed by atoms with Crippen molar-refractivity contribution in [3.05, 3.63) is 18.2 Å². The van der Waals surface area contributed by atoms with E-state index in [4.69, 9.17) is 0 Å². The zero-order valence-electron chi connectivity index (χ0n) is 9.73. The van der Waals surface area contributed by atoms with Crippen LogP contribution in [0.15, 0.2) is 12.4 Å². The maximum absolute atomic E-state index is 11.9. The van der Waals surface area contributed by atoms with Gasteiger partial charge in [-0.15, -0.1) is 0 Å². The van der Waals surface area contributed by atoms with Gasteiger partial charge in [0, 0.05) is 25.0 Å². The summed E-state index contributed by atoms with van der Waals surface area (Å²) in [5.41, 5.74) is 0. The molecule has 1 aliphatic rings. The Kier molecular flexibility index (Phi) is 3.24. The fourth-order valence-corrected chi connectivity index (χ4v) is 2.02. The lowest BCUT2D eigenvalue weighted by Gasteiger charge is -2.21. The van der Waals surface area contributed by atoms with Crippen molar-refractivity contribution in [2.45, 2.75) is 38.9 Å². The molecule has 0 radical (unpaired) electrons. The summed E-state index contributed by atoms with van der Waals surface area (Å²) in [6.45, 7) is 5.57. The molecule has 16 heavy (non-hydrogen) atoms. The molecule has 2 heterocycles. The minimum absolute atomic E-state index is 0.0486. The molecule has 0 spiro atoms. The fourth-order valence-electron chi connectivity index (χ4n) is 2.02. The third kappa shape index (κ3) is 2.24. The Morgan fingerprint density at radius 3 is 3.06 bits per heavy atom. The SMILES string of the molecule is CC(C)N1CCC(NCc2ncc[nH]2)C1=O. The highest BCUT2D eigenvalue weighted by molar-refractivity contribution is 5.84. The summed E-state index contributed by atoms with van der Waals surface area (Å²) in [5.74, 6) is 1.08. The topological polar surface area (TPSA) is 61.0 Å². The average Bonchev–Trinajstić information content (AvgIpc) is 2.84. The van der Waals surface area contributed by atoms with Crippen LogP contribution in [-0.4, -0.2) is 39.4 Å². The molecule has 1 aromatic heterocycles. The highest BCUT2D eigenvalue weighted by Crippen LogP contribution is 2.14. The molecule has 1 aromatic rings. The van der Waals surface area contributed by atoms with Crippen LogP contribution < -0.4 is 5.32 Å². The molecule has 0 bridgehead atoms. The van der Waals surface area contributed by atoms with E-state index in [2.05, 4.69) is 15.3 Å². The Balaban J connectivity index is 1.86. The Labute approximate surface area is 95.2 Å². The Morgan fingerprint density at radius 1 is 1.69 bits per heavy atom. The molecule has 1 saturated heterocycles. The number of nitrogens with zero attached hydrogens (tertiary/aromatic N) is 2. The first-order valence-electron chi connectivity index (χ1n) is 5.70. The van der Waals surface area contributed by atoms with Gasteiger partial charge in [0.05, 0.1) is 12.6 Å². The number of imidazole rings is 1. The van der Waals surface area contributed by atoms with Crippen LogP contribution >= 0.6 is 0 Å². The van der Waals surface area contributed by atoms with Gasteiger partial charge in [0.2, 0.25) is 5.91 Å². The second-order valence-corrected chi connectivity index (χ2v) is 4.38. The monoisotopic (exact) mass is 222 g/mol. The molecule has 1 amide bonds. The van der Waals surface area contributed by atoms with Gasteiger partial charge in [-0.25, -0.2) is 4.98 Å². The molecule has 2 rings (SSSR count). The van der Waals surface area contributed by atoms with Crippen molar-refractivity contribution in [2.24, 2.45) is 0 Å². The fraction of sp³-hybridized carbons (Fsp3) is 0.636. The van der Waals surface area contributed by atoms with Gasteiger partial charge in [0.25, 0.3) is 0 Å². The predicted molar refractivity (Wildman–Crippen MR) is 60.7 cm³/mol. The van der Waals surface area contributed by atoms with E-state index in [-0.39, 0.29) is 11.9 Å². The average molecular weight is 222 g/mol. The molecule has 0 aromatic carbocycles. The number of aromatic nitrogens is 2. The lowest BCUT2D eigenvalue weighted by atomic mass is 10.2. The van der Waals surface area contributed by atoms with Crippen molar-refractivity contribution in [2.75, 3.05) is 6.54 Å². The van der Waals surface area contributed by atoms with Crippen molar-refractivity contribution in [1.82, 2.24) is 20.2 Å². The lowest BCUT2D eigenvalue weighted by Crippen LogP contribution is -2.40. The minimum Gasteiger partial charge on any atom is -0.348 e. The van der Waals surface area contributed by atoms with Crippen LogP contribution in [0.4, 0.5) is 0 Å². The van der Waals surface area contributed by atoms with Crippen molar-refractivity contribution in [3.8, 4) is 0 Å². The molecule has 5 nitrogen and oxygen atoms in total. The lowest BCUT2D eigenvalue weighted by molar-refractivity contribution is -0.130. The molecule has 1 aliphatic heterocycles. The first-order chi connectivity index (χ1) is 7.68. The number of amides is 1. The van der Waals surface area contributed by atoms with E-state index in [1.807, 2.05) is 18.7 Å². The minimum atomic E-state index is -0.0486. The number of likely N-dealkylation sites (tertiary alicyclic amines) is 1. The van der Waals surface area contributed by atoms with E-state index in [0.717, 1.165) is 18.8 Å². The van der Waals surface area contributed by atoms with Crippen LogP contribution in [0.1, 0.15) is 26.1 Å². The quantitative estimate of drug-likeness (QED) is 0.780. The summed E-state index contributed by atoms with van der Waals surface area (Å²) in [6, 6.07) is 0.246. The maximum atomic E-state index is 11.9. The summed E-state index contributed by atoms with van der Waals surface area (Å²) >= 11 is 0. The van der Waals surface area contributed by atoms with Crippen molar-refractivity contribution >= 4 is 5.91 Å². The van der Waals surface area contributed by atoms with Gasteiger partial charge in [0.15, 0.2) is 0 Å². The molecule has 5 heteroatoms. The van der Waals surface area contributed by atoms with E-state index >= 15 is 0 Å². The van der Waals surface area contributed by atoms with Crippen LogP contribution in [0, 0.1) is 0 Å². The third-order valence-corrected chi connectivity index (χ3v) is 2.93. The molecular weight excluding hydrogens is 204 g/mol. The normalized spacial score (nSPS) is 21.1. The van der Waals surface area contributed by atoms with Gasteiger partial charge in [-0.1, -0.05) is 0 Å². The van der Waals surface area contributed by atoms with Crippen LogP contribution in [0.5, 0.6) is 0 Å². The third-order valence-electron chi connectivity index (χ3n) is 2.93. The number of carbonyl (C=O) groups is 1. The van der Waals surface area contributed by atoms with Gasteiger partial charge in [-0.2, -0.15) is 0 Å². The summed E-state index contributed by atoms with van der Waals surface area (Å²) in [5, 5.41) is 3.23. The molecule has 2 N–H and O–H groups in total. The van der Waals surface area contributed by atoms with Crippen molar-refractivity contribution in [3.63, 3.8) is 0 Å². The zero-order chi connectivity index (χ0) is 11.5. The van der Waals surface area contributed by atoms with Gasteiger partial charge in [0.1, 0.15) is 5.82 Å². The van der Waals surface area contributed by atoms with Gasteiger partial charge < -0.3 is 9.88 Å². The van der Waals surface area contributed by atoms with Gasteiger partial charge in [-0.3, -0.25) is 10.1 Å². The van der Waals surface area contributed by atoms with E-state index in [1.54, 1.807) is 12.4 Å². The van der Waals surface area contributed by atoms with Crippen molar-refractivity contribution in [1.29, 1.82) is 0 Å². The molecule has 0 saturated carbocycles. The number of aromatic amines is 1. The standard InChI is InChI=1S/C11H18N4O/c1-8(2)15-6-3-9(11(15)16)14-7-10-12-4-5-13-10/h4-5,8-9,14H,3,6-7H2,1-2H3,(H,12,13). The zero-order valence-corrected chi connectivity index (χ0v) is 9.73. The Bertz CT molecular complexity index is 347. The molecule has 1 unspecified atom stereocenters. The summed E-state index contributed by atoms with van der Waals surface area (Å²) < 4.78 is 0. The first-order valence-corrected chi connectivity index (χ1v) is 5.70. The van der Waals surface area contributed by atoms with Crippen LogP contribution in [0.3, 0.4) is 0 Å². The van der Waals surface area contributed by atoms with E-state index in [9.17, 15) is 4.79 Å². The summed E-state index contributed by atoms with van der Waals surface area (Å²) in [4.78, 5) is 21.0. The predicted octanol–water partition coefficient (Wildman–Crippen LogP) is 0.509. The number of nitrogens with one attached hydrogen (secondary N) is 2. The van der Waals surface area contributed by atoms with E-state index in [1.165, 1.54) is 0 Å². The molecule has 1 fully saturated rings. The van der Waals surface area contributed by atoms with Crippen LogP contribution in [0.25, 0.3) is 0 Å². The maximum Gasteiger partial charge on any atom is 0.240 e. The number of H-pyrrole nitrogens is 1. The Hall–Kier alpha value is -1.36. The van der Waals surface area contributed by atoms with Crippen LogP contribution in [-0.2, 0) is 11.3 Å². The summed E-state index contributed by atoms with van der Waals surface area (Å²) in [7, 11) is 0. The number of hydrogen-bond acceptors (Lipinski definition) is 3. The van der Waals surface area contributed by atoms with Crippen LogP contribution in [0.2, 0.25) is 0 Å². The second kappa shape index (κ2) is 4.65.